The zero-order valence-corrected chi connectivity index (χ0v) is 17.8. The lowest BCUT2D eigenvalue weighted by Crippen LogP contribution is -2.19. The molecule has 0 bridgehead atoms. The molecule has 4 heteroatoms. The predicted octanol–water partition coefficient (Wildman–Crippen LogP) is 6.09. The molecule has 0 amide bonds. The fraction of sp³-hybridized carbons (Fsp3) is 0.280. The van der Waals surface area contributed by atoms with Crippen molar-refractivity contribution < 1.29 is 12.6 Å². The Hall–Kier alpha value is -2.43. The third-order valence-electron chi connectivity index (χ3n) is 5.21. The normalized spacial score (nSPS) is 12.8. The van der Waals surface area contributed by atoms with Crippen molar-refractivity contribution in [1.82, 2.24) is 0 Å². The fourth-order valence-corrected chi connectivity index (χ4v) is 4.68. The highest BCUT2D eigenvalue weighted by Gasteiger charge is 2.23. The van der Waals surface area contributed by atoms with Gasteiger partial charge in [-0.05, 0) is 49.4 Å². The Labute approximate surface area is 174 Å². The minimum absolute atomic E-state index is 0.206. The quantitative estimate of drug-likeness (QED) is 0.402. The summed E-state index contributed by atoms with van der Waals surface area (Å²) in [5.74, 6) is 0.206. The van der Waals surface area contributed by atoms with E-state index in [0.29, 0.717) is 12.8 Å². The minimum atomic E-state index is -3.77. The van der Waals surface area contributed by atoms with Gasteiger partial charge in [-0.15, -0.1) is 0 Å². The van der Waals surface area contributed by atoms with Crippen LogP contribution in [-0.2, 0) is 14.3 Å². The molecule has 0 spiro atoms. The monoisotopic (exact) mass is 408 g/mol. The van der Waals surface area contributed by atoms with Crippen molar-refractivity contribution >= 4 is 10.1 Å². The molecule has 0 aliphatic rings. The number of rotatable bonds is 9. The Morgan fingerprint density at radius 3 is 1.76 bits per heavy atom. The van der Waals surface area contributed by atoms with Crippen LogP contribution in [0.1, 0.15) is 48.8 Å². The number of hydrogen-bond donors (Lipinski definition) is 0. The molecule has 152 valence electrons. The molecule has 0 aliphatic heterocycles. The van der Waals surface area contributed by atoms with Crippen LogP contribution < -0.4 is 0 Å². The van der Waals surface area contributed by atoms with Crippen LogP contribution in [0, 0.1) is 6.92 Å². The SMILES string of the molecule is CCC(CCC(c1ccccc1)c1ccccc1)OS(=O)(=O)c1ccc(C)cc1. The molecule has 3 rings (SSSR count). The zero-order chi connectivity index (χ0) is 20.7. The summed E-state index contributed by atoms with van der Waals surface area (Å²) in [7, 11) is -3.77. The number of benzene rings is 3. The van der Waals surface area contributed by atoms with Crippen LogP contribution in [0.3, 0.4) is 0 Å². The van der Waals surface area contributed by atoms with E-state index < -0.39 is 10.1 Å². The Kier molecular flexibility index (Phi) is 7.24. The lowest BCUT2D eigenvalue weighted by molar-refractivity contribution is 0.189. The maximum absolute atomic E-state index is 12.7. The number of aryl methyl sites for hydroxylation is 1. The van der Waals surface area contributed by atoms with E-state index in [1.54, 1.807) is 24.3 Å². The topological polar surface area (TPSA) is 43.4 Å². The van der Waals surface area contributed by atoms with Crippen LogP contribution in [0.5, 0.6) is 0 Å². The van der Waals surface area contributed by atoms with Gasteiger partial charge >= 0.3 is 0 Å². The molecular weight excluding hydrogens is 380 g/mol. The molecule has 0 aromatic heterocycles. The first-order chi connectivity index (χ1) is 14.0. The molecule has 0 saturated heterocycles. The van der Waals surface area contributed by atoms with E-state index in [0.717, 1.165) is 12.0 Å². The van der Waals surface area contributed by atoms with Crippen LogP contribution >= 0.6 is 0 Å². The highest BCUT2D eigenvalue weighted by Crippen LogP contribution is 2.31. The molecule has 1 unspecified atom stereocenters. The van der Waals surface area contributed by atoms with E-state index in [1.165, 1.54) is 11.1 Å². The summed E-state index contributed by atoms with van der Waals surface area (Å²) in [6, 6.07) is 27.5. The second kappa shape index (κ2) is 9.86. The molecule has 3 aromatic carbocycles. The standard InChI is InChI=1S/C25H28O3S/c1-3-23(28-29(26,27)24-17-14-20(2)15-18-24)16-19-25(21-10-6-4-7-11-21)22-12-8-5-9-13-22/h4-15,17-18,23,25H,3,16,19H2,1-2H3. The lowest BCUT2D eigenvalue weighted by Gasteiger charge is -2.22. The van der Waals surface area contributed by atoms with Gasteiger partial charge < -0.3 is 0 Å². The molecule has 0 aliphatic carbocycles. The smallest absolute Gasteiger partial charge is 0.263 e. The van der Waals surface area contributed by atoms with E-state index in [1.807, 2.05) is 50.2 Å². The molecule has 29 heavy (non-hydrogen) atoms. The second-order valence-corrected chi connectivity index (χ2v) is 8.92. The molecular formula is C25H28O3S. The van der Waals surface area contributed by atoms with E-state index in [-0.39, 0.29) is 16.9 Å². The van der Waals surface area contributed by atoms with Crippen LogP contribution in [0.15, 0.2) is 89.8 Å². The zero-order valence-electron chi connectivity index (χ0n) is 17.0. The molecule has 0 saturated carbocycles. The van der Waals surface area contributed by atoms with Gasteiger partial charge in [-0.1, -0.05) is 85.3 Å². The van der Waals surface area contributed by atoms with Crippen molar-refractivity contribution in [3.63, 3.8) is 0 Å². The third kappa shape index (κ3) is 5.78. The van der Waals surface area contributed by atoms with Crippen LogP contribution in [-0.4, -0.2) is 14.5 Å². The van der Waals surface area contributed by atoms with Crippen molar-refractivity contribution in [2.75, 3.05) is 0 Å². The highest BCUT2D eigenvalue weighted by molar-refractivity contribution is 7.86. The van der Waals surface area contributed by atoms with Crippen molar-refractivity contribution in [3.05, 3.63) is 102 Å². The van der Waals surface area contributed by atoms with E-state index >= 15 is 0 Å². The first-order valence-electron chi connectivity index (χ1n) is 10.1. The first kappa shape index (κ1) is 21.3. The van der Waals surface area contributed by atoms with Crippen molar-refractivity contribution in [1.29, 1.82) is 0 Å². The van der Waals surface area contributed by atoms with E-state index in [4.69, 9.17) is 4.18 Å². The third-order valence-corrected chi connectivity index (χ3v) is 6.58. The molecule has 0 fully saturated rings. The molecule has 0 N–H and O–H groups in total. The van der Waals surface area contributed by atoms with Gasteiger partial charge in [-0.3, -0.25) is 4.18 Å². The van der Waals surface area contributed by atoms with Gasteiger partial charge in [-0.25, -0.2) is 0 Å². The van der Waals surface area contributed by atoms with Gasteiger partial charge in [0.25, 0.3) is 10.1 Å². The minimum Gasteiger partial charge on any atom is -0.263 e. The van der Waals surface area contributed by atoms with Gasteiger partial charge in [0.1, 0.15) is 0 Å². The average molecular weight is 409 g/mol. The van der Waals surface area contributed by atoms with Gasteiger partial charge in [0.2, 0.25) is 0 Å². The Balaban J connectivity index is 1.74. The van der Waals surface area contributed by atoms with Crippen LogP contribution in [0.25, 0.3) is 0 Å². The summed E-state index contributed by atoms with van der Waals surface area (Å²) >= 11 is 0. The van der Waals surface area contributed by atoms with Gasteiger partial charge in [-0.2, -0.15) is 8.42 Å². The van der Waals surface area contributed by atoms with Gasteiger partial charge in [0, 0.05) is 5.92 Å². The number of hydrogen-bond acceptors (Lipinski definition) is 3. The molecule has 0 heterocycles. The summed E-state index contributed by atoms with van der Waals surface area (Å²) in [4.78, 5) is 0.212. The summed E-state index contributed by atoms with van der Waals surface area (Å²) in [5, 5.41) is 0. The summed E-state index contributed by atoms with van der Waals surface area (Å²) in [6.07, 6.45) is 1.77. The highest BCUT2D eigenvalue weighted by atomic mass is 32.2. The van der Waals surface area contributed by atoms with E-state index in [2.05, 4.69) is 24.3 Å². The van der Waals surface area contributed by atoms with E-state index in [9.17, 15) is 8.42 Å². The van der Waals surface area contributed by atoms with Crippen molar-refractivity contribution in [2.45, 2.75) is 50.0 Å². The predicted molar refractivity (Wildman–Crippen MR) is 117 cm³/mol. The van der Waals surface area contributed by atoms with Gasteiger partial charge in [0.15, 0.2) is 0 Å². The lowest BCUT2D eigenvalue weighted by atomic mass is 9.86. The van der Waals surface area contributed by atoms with Crippen molar-refractivity contribution in [3.8, 4) is 0 Å². The van der Waals surface area contributed by atoms with Crippen LogP contribution in [0.4, 0.5) is 0 Å². The van der Waals surface area contributed by atoms with Crippen LogP contribution in [0.2, 0.25) is 0 Å². The first-order valence-corrected chi connectivity index (χ1v) is 11.5. The Morgan fingerprint density at radius 2 is 1.28 bits per heavy atom. The summed E-state index contributed by atoms with van der Waals surface area (Å²) in [6.45, 7) is 3.90. The molecule has 3 aromatic rings. The summed E-state index contributed by atoms with van der Waals surface area (Å²) < 4.78 is 31.0. The molecule has 0 radical (unpaired) electrons. The fourth-order valence-electron chi connectivity index (χ4n) is 3.51. The average Bonchev–Trinajstić information content (AvgIpc) is 2.75. The summed E-state index contributed by atoms with van der Waals surface area (Å²) in [5.41, 5.74) is 3.48. The molecule has 1 atom stereocenters. The Bertz CT molecular complexity index is 942. The maximum Gasteiger partial charge on any atom is 0.297 e. The largest absolute Gasteiger partial charge is 0.297 e. The Morgan fingerprint density at radius 1 is 0.759 bits per heavy atom. The van der Waals surface area contributed by atoms with Gasteiger partial charge in [0.05, 0.1) is 11.0 Å². The second-order valence-electron chi connectivity index (χ2n) is 7.34. The maximum atomic E-state index is 12.7. The van der Waals surface area contributed by atoms with Crippen molar-refractivity contribution in [2.24, 2.45) is 0 Å². The molecule has 3 nitrogen and oxygen atoms in total.